The Bertz CT molecular complexity index is 491. The average Bonchev–Trinajstić information content (AvgIpc) is 2.89. The van der Waals surface area contributed by atoms with E-state index in [0.29, 0.717) is 19.8 Å². The Hall–Kier alpha value is -1.29. The number of carbonyl (C=O) groups excluding carboxylic acids is 1. The molecule has 1 saturated carbocycles. The van der Waals surface area contributed by atoms with E-state index in [4.69, 9.17) is 9.47 Å². The van der Waals surface area contributed by atoms with Gasteiger partial charge in [0.2, 0.25) is 0 Å². The Balaban J connectivity index is 3.03. The van der Waals surface area contributed by atoms with Gasteiger partial charge in [0.1, 0.15) is 18.3 Å². The summed E-state index contributed by atoms with van der Waals surface area (Å²) >= 11 is 0. The van der Waals surface area contributed by atoms with Crippen molar-refractivity contribution in [2.24, 2.45) is 0 Å². The number of halogens is 6. The third kappa shape index (κ3) is 4.46. The molecule has 1 N–H and O–H groups in total. The van der Waals surface area contributed by atoms with Gasteiger partial charge in [-0.1, -0.05) is 19.4 Å². The Morgan fingerprint density at radius 3 is 1.96 bits per heavy atom. The van der Waals surface area contributed by atoms with Crippen LogP contribution >= 0.6 is 0 Å². The second kappa shape index (κ2) is 7.14. The van der Waals surface area contributed by atoms with Gasteiger partial charge in [-0.2, -0.15) is 26.3 Å². The topological polar surface area (TPSA) is 55.8 Å². The summed E-state index contributed by atoms with van der Waals surface area (Å²) in [5.41, 5.74) is -6.52. The molecule has 1 unspecified atom stereocenters. The van der Waals surface area contributed by atoms with E-state index in [2.05, 4.69) is 6.58 Å². The van der Waals surface area contributed by atoms with Crippen LogP contribution in [0.3, 0.4) is 0 Å². The van der Waals surface area contributed by atoms with E-state index in [1.165, 1.54) is 6.92 Å². The fraction of sp³-hybridized carbons (Fsp3) is 0.800. The Morgan fingerprint density at radius 1 is 1.16 bits per heavy atom. The number of aliphatic hydroxyl groups is 1. The summed E-state index contributed by atoms with van der Waals surface area (Å²) in [6.07, 6.45) is -13.5. The first kappa shape index (κ1) is 21.8. The van der Waals surface area contributed by atoms with Crippen molar-refractivity contribution in [3.05, 3.63) is 12.2 Å². The molecule has 0 spiro atoms. The summed E-state index contributed by atoms with van der Waals surface area (Å²) in [7, 11) is 0. The Kier molecular flexibility index (Phi) is 6.22. The van der Waals surface area contributed by atoms with E-state index < -0.39 is 42.2 Å². The molecule has 0 aromatic carbocycles. The third-order valence-corrected chi connectivity index (χ3v) is 4.21. The van der Waals surface area contributed by atoms with Crippen molar-refractivity contribution >= 4 is 5.97 Å². The summed E-state index contributed by atoms with van der Waals surface area (Å²) in [6, 6.07) is 0. The molecule has 0 radical (unpaired) electrons. The first-order chi connectivity index (χ1) is 11.2. The van der Waals surface area contributed by atoms with Crippen LogP contribution in [0.5, 0.6) is 0 Å². The molecule has 1 aliphatic rings. The Labute approximate surface area is 140 Å². The van der Waals surface area contributed by atoms with E-state index in [0.717, 1.165) is 0 Å². The van der Waals surface area contributed by atoms with Crippen molar-refractivity contribution in [1.29, 1.82) is 0 Å². The summed E-state index contributed by atoms with van der Waals surface area (Å²) in [5, 5.41) is 9.40. The molecule has 1 aliphatic carbocycles. The summed E-state index contributed by atoms with van der Waals surface area (Å²) in [4.78, 5) is 11.5. The molecule has 0 heterocycles. The van der Waals surface area contributed by atoms with Crippen LogP contribution in [-0.4, -0.2) is 47.3 Å². The lowest BCUT2D eigenvalue weighted by Crippen LogP contribution is -2.65. The first-order valence-corrected chi connectivity index (χ1v) is 7.52. The maximum Gasteiger partial charge on any atom is 0.428 e. The van der Waals surface area contributed by atoms with E-state index >= 15 is 0 Å². The third-order valence-electron chi connectivity index (χ3n) is 4.21. The minimum atomic E-state index is -5.99. The average molecular weight is 378 g/mol. The molecule has 0 aromatic rings. The highest BCUT2D eigenvalue weighted by molar-refractivity contribution is 5.86. The maximum atomic E-state index is 12.9. The number of rotatable bonds is 6. The van der Waals surface area contributed by atoms with Gasteiger partial charge in [-0.25, -0.2) is 4.79 Å². The molecule has 25 heavy (non-hydrogen) atoms. The van der Waals surface area contributed by atoms with Crippen LogP contribution in [0.15, 0.2) is 12.2 Å². The maximum absolute atomic E-state index is 12.9. The number of ether oxygens (including phenoxy) is 2. The fourth-order valence-electron chi connectivity index (χ4n) is 2.72. The van der Waals surface area contributed by atoms with Crippen LogP contribution in [0.4, 0.5) is 26.3 Å². The van der Waals surface area contributed by atoms with Gasteiger partial charge in [-0.15, -0.1) is 0 Å². The molecule has 0 aromatic heterocycles. The standard InChI is InChI=1S/C15H20F6O4/c1-9(2)11(22)24-8-12(6-4-5-7-12)25-10(3)13(23,14(16,17)18)15(19,20)21/h10,23H,1,4-8H2,2-3H3. The number of esters is 1. The molecule has 146 valence electrons. The van der Waals surface area contributed by atoms with Gasteiger partial charge in [-0.05, 0) is 26.7 Å². The molecule has 0 amide bonds. The Morgan fingerprint density at radius 2 is 1.60 bits per heavy atom. The van der Waals surface area contributed by atoms with Gasteiger partial charge in [0.25, 0.3) is 5.60 Å². The molecule has 4 nitrogen and oxygen atoms in total. The van der Waals surface area contributed by atoms with Crippen molar-refractivity contribution in [2.75, 3.05) is 6.61 Å². The van der Waals surface area contributed by atoms with Crippen LogP contribution < -0.4 is 0 Å². The van der Waals surface area contributed by atoms with Gasteiger partial charge < -0.3 is 14.6 Å². The first-order valence-electron chi connectivity index (χ1n) is 7.52. The monoisotopic (exact) mass is 378 g/mol. The van der Waals surface area contributed by atoms with Crippen molar-refractivity contribution in [3.63, 3.8) is 0 Å². The molecule has 0 saturated heterocycles. The second-order valence-electron chi connectivity index (χ2n) is 6.27. The molecule has 10 heteroatoms. The molecule has 1 fully saturated rings. The fourth-order valence-corrected chi connectivity index (χ4v) is 2.72. The number of hydrogen-bond donors (Lipinski definition) is 1. The van der Waals surface area contributed by atoms with Crippen LogP contribution in [0.2, 0.25) is 0 Å². The molecule has 0 aliphatic heterocycles. The van der Waals surface area contributed by atoms with E-state index in [1.807, 2.05) is 0 Å². The predicted molar refractivity (Wildman–Crippen MR) is 74.6 cm³/mol. The van der Waals surface area contributed by atoms with Gasteiger partial charge in [0.15, 0.2) is 0 Å². The largest absolute Gasteiger partial charge is 0.459 e. The zero-order valence-electron chi connectivity index (χ0n) is 13.8. The lowest BCUT2D eigenvalue weighted by atomic mass is 9.94. The smallest absolute Gasteiger partial charge is 0.428 e. The molecule has 1 atom stereocenters. The highest BCUT2D eigenvalue weighted by atomic mass is 19.4. The van der Waals surface area contributed by atoms with Gasteiger partial charge in [0, 0.05) is 5.57 Å². The lowest BCUT2D eigenvalue weighted by Gasteiger charge is -2.41. The molecule has 0 bridgehead atoms. The molecular weight excluding hydrogens is 358 g/mol. The zero-order valence-corrected chi connectivity index (χ0v) is 13.8. The van der Waals surface area contributed by atoms with Gasteiger partial charge in [0.05, 0.1) is 0 Å². The highest BCUT2D eigenvalue weighted by Crippen LogP contribution is 2.48. The van der Waals surface area contributed by atoms with Crippen LogP contribution in [-0.2, 0) is 14.3 Å². The van der Waals surface area contributed by atoms with Gasteiger partial charge in [-0.3, -0.25) is 0 Å². The number of carbonyl (C=O) groups is 1. The van der Waals surface area contributed by atoms with E-state index in [9.17, 15) is 36.2 Å². The van der Waals surface area contributed by atoms with Crippen molar-refractivity contribution in [1.82, 2.24) is 0 Å². The summed E-state index contributed by atoms with van der Waals surface area (Å²) in [5.74, 6) is -0.829. The van der Waals surface area contributed by atoms with Crippen LogP contribution in [0, 0.1) is 0 Å². The SMILES string of the molecule is C=C(C)C(=O)OCC1(OC(C)C(O)(C(F)(F)F)C(F)(F)F)CCCC1. The number of alkyl halides is 6. The van der Waals surface area contributed by atoms with Crippen molar-refractivity contribution < 1.29 is 45.7 Å². The zero-order chi connectivity index (χ0) is 19.7. The van der Waals surface area contributed by atoms with E-state index in [1.54, 1.807) is 0 Å². The quantitative estimate of drug-likeness (QED) is 0.435. The van der Waals surface area contributed by atoms with E-state index in [-0.39, 0.29) is 18.4 Å². The summed E-state index contributed by atoms with van der Waals surface area (Å²) < 4.78 is 87.5. The van der Waals surface area contributed by atoms with Crippen molar-refractivity contribution in [3.8, 4) is 0 Å². The number of hydrogen-bond acceptors (Lipinski definition) is 4. The minimum Gasteiger partial charge on any atom is -0.459 e. The van der Waals surface area contributed by atoms with Crippen molar-refractivity contribution in [2.45, 2.75) is 69.2 Å². The second-order valence-corrected chi connectivity index (χ2v) is 6.27. The normalized spacial score (nSPS) is 19.6. The summed E-state index contributed by atoms with van der Waals surface area (Å²) in [6.45, 7) is 4.66. The van der Waals surface area contributed by atoms with Crippen LogP contribution in [0.25, 0.3) is 0 Å². The lowest BCUT2D eigenvalue weighted by molar-refractivity contribution is -0.399. The highest BCUT2D eigenvalue weighted by Gasteiger charge is 2.74. The van der Waals surface area contributed by atoms with Gasteiger partial charge >= 0.3 is 18.3 Å². The predicted octanol–water partition coefficient (Wildman–Crippen LogP) is 3.68. The molecule has 1 rings (SSSR count). The van der Waals surface area contributed by atoms with Crippen LogP contribution in [0.1, 0.15) is 39.5 Å². The molecular formula is C15H20F6O4. The minimum absolute atomic E-state index is 0.0308.